The van der Waals surface area contributed by atoms with E-state index in [1.807, 2.05) is 13.0 Å². The Bertz CT molecular complexity index is 413. The Hall–Kier alpha value is -0.320. The minimum atomic E-state index is 0.401. The fraction of sp³-hybridized carbons (Fsp3) is 0.625. The zero-order valence-electron chi connectivity index (χ0n) is 12.6. The molecule has 0 saturated carbocycles. The topological polar surface area (TPSA) is 21.3 Å². The van der Waals surface area contributed by atoms with Crippen molar-refractivity contribution in [3.05, 3.63) is 29.8 Å². The molecule has 0 amide bonds. The van der Waals surface area contributed by atoms with Crippen molar-refractivity contribution in [2.45, 2.75) is 36.8 Å². The summed E-state index contributed by atoms with van der Waals surface area (Å²) in [7, 11) is 2.07. The maximum Gasteiger partial charge on any atom is 0.119 e. The van der Waals surface area contributed by atoms with Crippen LogP contribution in [0.5, 0.6) is 5.75 Å². The van der Waals surface area contributed by atoms with Crippen LogP contribution in [0, 0.1) is 0 Å². The summed E-state index contributed by atoms with van der Waals surface area (Å²) < 4.78 is 5.64. The molecule has 0 bridgehead atoms. The van der Waals surface area contributed by atoms with Gasteiger partial charge >= 0.3 is 0 Å². The molecule has 3 unspecified atom stereocenters. The molecule has 1 aromatic carbocycles. The van der Waals surface area contributed by atoms with Crippen LogP contribution in [-0.2, 0) is 0 Å². The molecule has 1 N–H and O–H groups in total. The van der Waals surface area contributed by atoms with E-state index in [4.69, 9.17) is 4.74 Å². The summed E-state index contributed by atoms with van der Waals surface area (Å²) in [6, 6.07) is 8.96. The van der Waals surface area contributed by atoms with Crippen LogP contribution in [0.25, 0.3) is 0 Å². The molecule has 112 valence electrons. The van der Waals surface area contributed by atoms with E-state index in [1.54, 1.807) is 0 Å². The highest BCUT2D eigenvalue weighted by Crippen LogP contribution is 2.40. The molecular formula is C16H25NOS2. The SMILES string of the molecule is CCOc1cccc(C(NC)C2SCCSC2CC)c1. The highest BCUT2D eigenvalue weighted by Gasteiger charge is 2.32. The van der Waals surface area contributed by atoms with Gasteiger partial charge < -0.3 is 10.1 Å². The Labute approximate surface area is 131 Å². The van der Waals surface area contributed by atoms with Crippen molar-refractivity contribution in [2.75, 3.05) is 25.2 Å². The molecule has 1 heterocycles. The first-order chi connectivity index (χ1) is 9.80. The fourth-order valence-electron chi connectivity index (χ4n) is 2.73. The van der Waals surface area contributed by atoms with E-state index in [0.29, 0.717) is 11.3 Å². The number of rotatable bonds is 6. The number of thioether (sulfide) groups is 2. The molecular weight excluding hydrogens is 286 g/mol. The molecule has 20 heavy (non-hydrogen) atoms. The maximum absolute atomic E-state index is 5.64. The van der Waals surface area contributed by atoms with E-state index in [1.165, 1.54) is 23.5 Å². The second kappa shape index (κ2) is 8.20. The van der Waals surface area contributed by atoms with Crippen LogP contribution in [0.3, 0.4) is 0 Å². The van der Waals surface area contributed by atoms with Gasteiger partial charge in [-0.2, -0.15) is 23.5 Å². The standard InChI is InChI=1S/C16H25NOS2/c1-4-14-16(20-10-9-19-14)15(17-3)12-7-6-8-13(11-12)18-5-2/h6-8,11,14-17H,4-5,9-10H2,1-3H3. The van der Waals surface area contributed by atoms with Crippen LogP contribution in [0.15, 0.2) is 24.3 Å². The zero-order valence-corrected chi connectivity index (χ0v) is 14.2. The molecule has 4 heteroatoms. The smallest absolute Gasteiger partial charge is 0.119 e. The van der Waals surface area contributed by atoms with Gasteiger partial charge in [-0.1, -0.05) is 19.1 Å². The summed E-state index contributed by atoms with van der Waals surface area (Å²) in [5, 5.41) is 4.91. The van der Waals surface area contributed by atoms with Gasteiger partial charge in [0.2, 0.25) is 0 Å². The summed E-state index contributed by atoms with van der Waals surface area (Å²) in [6.45, 7) is 5.06. The van der Waals surface area contributed by atoms with Crippen LogP contribution in [0.2, 0.25) is 0 Å². The lowest BCUT2D eigenvalue weighted by molar-refractivity contribution is 0.339. The normalized spacial score (nSPS) is 24.4. The number of benzene rings is 1. The van der Waals surface area contributed by atoms with Gasteiger partial charge in [0, 0.05) is 28.0 Å². The average molecular weight is 312 g/mol. The van der Waals surface area contributed by atoms with Gasteiger partial charge in [-0.15, -0.1) is 0 Å². The minimum Gasteiger partial charge on any atom is -0.494 e. The van der Waals surface area contributed by atoms with Crippen molar-refractivity contribution < 1.29 is 4.74 Å². The molecule has 2 rings (SSSR count). The Morgan fingerprint density at radius 3 is 2.80 bits per heavy atom. The largest absolute Gasteiger partial charge is 0.494 e. The Balaban J connectivity index is 2.19. The van der Waals surface area contributed by atoms with E-state index in [2.05, 4.69) is 61.0 Å². The summed E-state index contributed by atoms with van der Waals surface area (Å²) in [5.74, 6) is 3.52. The van der Waals surface area contributed by atoms with Crippen LogP contribution in [-0.4, -0.2) is 35.7 Å². The van der Waals surface area contributed by atoms with Crippen molar-refractivity contribution in [3.63, 3.8) is 0 Å². The van der Waals surface area contributed by atoms with Crippen LogP contribution < -0.4 is 10.1 Å². The van der Waals surface area contributed by atoms with Crippen molar-refractivity contribution in [1.29, 1.82) is 0 Å². The molecule has 2 nitrogen and oxygen atoms in total. The average Bonchev–Trinajstić information content (AvgIpc) is 2.49. The highest BCUT2D eigenvalue weighted by molar-refractivity contribution is 8.07. The van der Waals surface area contributed by atoms with Gasteiger partial charge in [0.25, 0.3) is 0 Å². The lowest BCUT2D eigenvalue weighted by Crippen LogP contribution is -2.37. The molecule has 1 saturated heterocycles. The Morgan fingerprint density at radius 1 is 1.30 bits per heavy atom. The first-order valence-electron chi connectivity index (χ1n) is 7.43. The van der Waals surface area contributed by atoms with E-state index < -0.39 is 0 Å². The zero-order chi connectivity index (χ0) is 14.4. The van der Waals surface area contributed by atoms with Crippen molar-refractivity contribution in [1.82, 2.24) is 5.32 Å². The number of hydrogen-bond acceptors (Lipinski definition) is 4. The van der Waals surface area contributed by atoms with E-state index in [-0.39, 0.29) is 0 Å². The molecule has 0 radical (unpaired) electrons. The van der Waals surface area contributed by atoms with Crippen LogP contribution in [0.1, 0.15) is 31.9 Å². The Kier molecular flexibility index (Phi) is 6.59. The molecule has 0 aromatic heterocycles. The van der Waals surface area contributed by atoms with Gasteiger partial charge in [0.05, 0.1) is 6.61 Å². The molecule has 1 aliphatic rings. The molecule has 3 atom stereocenters. The number of hydrogen-bond donors (Lipinski definition) is 1. The fourth-order valence-corrected chi connectivity index (χ4v) is 6.02. The quantitative estimate of drug-likeness (QED) is 0.857. The van der Waals surface area contributed by atoms with E-state index in [0.717, 1.165) is 17.6 Å². The van der Waals surface area contributed by atoms with Gasteiger partial charge in [-0.25, -0.2) is 0 Å². The van der Waals surface area contributed by atoms with Crippen LogP contribution >= 0.6 is 23.5 Å². The van der Waals surface area contributed by atoms with Crippen LogP contribution in [0.4, 0.5) is 0 Å². The van der Waals surface area contributed by atoms with Gasteiger partial charge in [0.1, 0.15) is 5.75 Å². The lowest BCUT2D eigenvalue weighted by Gasteiger charge is -2.36. The van der Waals surface area contributed by atoms with E-state index in [9.17, 15) is 0 Å². The van der Waals surface area contributed by atoms with Gasteiger partial charge in [-0.05, 0) is 38.1 Å². The highest BCUT2D eigenvalue weighted by atomic mass is 32.2. The summed E-state index contributed by atoms with van der Waals surface area (Å²) in [6.07, 6.45) is 1.24. The summed E-state index contributed by atoms with van der Waals surface area (Å²) in [4.78, 5) is 0. The predicted molar refractivity (Wildman–Crippen MR) is 92.2 cm³/mol. The first kappa shape index (κ1) is 16.1. The first-order valence-corrected chi connectivity index (χ1v) is 9.53. The third-order valence-electron chi connectivity index (χ3n) is 3.66. The molecule has 0 aliphatic carbocycles. The third-order valence-corrected chi connectivity index (χ3v) is 7.01. The molecule has 1 fully saturated rings. The van der Waals surface area contributed by atoms with Crippen molar-refractivity contribution in [3.8, 4) is 5.75 Å². The van der Waals surface area contributed by atoms with Crippen molar-refractivity contribution in [2.24, 2.45) is 0 Å². The lowest BCUT2D eigenvalue weighted by atomic mass is 10.00. The third kappa shape index (κ3) is 3.86. The summed E-state index contributed by atoms with van der Waals surface area (Å²) in [5.41, 5.74) is 1.34. The number of nitrogens with one attached hydrogen (secondary N) is 1. The van der Waals surface area contributed by atoms with Gasteiger partial charge in [0.15, 0.2) is 0 Å². The van der Waals surface area contributed by atoms with E-state index >= 15 is 0 Å². The molecule has 1 aromatic rings. The van der Waals surface area contributed by atoms with Crippen molar-refractivity contribution >= 4 is 23.5 Å². The minimum absolute atomic E-state index is 0.401. The molecule has 0 spiro atoms. The van der Waals surface area contributed by atoms with Gasteiger partial charge in [-0.3, -0.25) is 0 Å². The monoisotopic (exact) mass is 311 g/mol. The summed E-state index contributed by atoms with van der Waals surface area (Å²) >= 11 is 4.25. The Morgan fingerprint density at radius 2 is 2.10 bits per heavy atom. The number of ether oxygens (including phenoxy) is 1. The second-order valence-electron chi connectivity index (χ2n) is 4.92. The molecule has 1 aliphatic heterocycles. The second-order valence-corrected chi connectivity index (χ2v) is 7.56. The maximum atomic E-state index is 5.64. The predicted octanol–water partition coefficient (Wildman–Crippen LogP) is 3.97.